The van der Waals surface area contributed by atoms with Gasteiger partial charge in [0.05, 0.1) is 13.2 Å². The third-order valence-electron chi connectivity index (χ3n) is 4.39. The van der Waals surface area contributed by atoms with E-state index in [9.17, 15) is 0 Å². The number of rotatable bonds is 2. The van der Waals surface area contributed by atoms with Gasteiger partial charge in [-0.1, -0.05) is 37.1 Å². The molecule has 1 saturated heterocycles. The van der Waals surface area contributed by atoms with Crippen LogP contribution in [0.2, 0.25) is 5.02 Å². The number of halogens is 1. The Labute approximate surface area is 113 Å². The van der Waals surface area contributed by atoms with Crippen LogP contribution in [0.4, 0.5) is 0 Å². The van der Waals surface area contributed by atoms with Crippen molar-refractivity contribution in [3.05, 3.63) is 34.9 Å². The molecule has 0 N–H and O–H groups in total. The van der Waals surface area contributed by atoms with Crippen molar-refractivity contribution in [2.75, 3.05) is 13.2 Å². The summed E-state index contributed by atoms with van der Waals surface area (Å²) in [6.07, 6.45) is 4.62. The predicted molar refractivity (Wildman–Crippen MR) is 71.6 cm³/mol. The van der Waals surface area contributed by atoms with Crippen LogP contribution >= 0.6 is 11.6 Å². The summed E-state index contributed by atoms with van der Waals surface area (Å²) in [5.41, 5.74) is 1.38. The second-order valence-corrected chi connectivity index (χ2v) is 5.98. The Balaban J connectivity index is 1.81. The summed E-state index contributed by atoms with van der Waals surface area (Å²) in [6.45, 7) is 3.75. The van der Waals surface area contributed by atoms with Crippen molar-refractivity contribution in [2.45, 2.75) is 38.4 Å². The van der Waals surface area contributed by atoms with E-state index in [2.05, 4.69) is 6.92 Å². The molecule has 18 heavy (non-hydrogen) atoms. The lowest BCUT2D eigenvalue weighted by Crippen LogP contribution is -2.50. The van der Waals surface area contributed by atoms with Crippen LogP contribution in [0, 0.1) is 5.41 Å². The zero-order valence-electron chi connectivity index (χ0n) is 10.7. The van der Waals surface area contributed by atoms with Crippen LogP contribution in [0.15, 0.2) is 24.3 Å². The summed E-state index contributed by atoms with van der Waals surface area (Å²) >= 11 is 5.93. The second-order valence-electron chi connectivity index (χ2n) is 5.54. The first-order valence-corrected chi connectivity index (χ1v) is 7.10. The molecule has 1 aromatic carbocycles. The Morgan fingerprint density at radius 1 is 1.11 bits per heavy atom. The van der Waals surface area contributed by atoms with E-state index in [4.69, 9.17) is 21.1 Å². The molecule has 2 fully saturated rings. The highest BCUT2D eigenvalue weighted by Crippen LogP contribution is 2.48. The van der Waals surface area contributed by atoms with Crippen molar-refractivity contribution in [2.24, 2.45) is 5.41 Å². The molecule has 0 bridgehead atoms. The zero-order valence-corrected chi connectivity index (χ0v) is 11.5. The minimum Gasteiger partial charge on any atom is -0.345 e. The Kier molecular flexibility index (Phi) is 3.13. The average molecular weight is 267 g/mol. The summed E-state index contributed by atoms with van der Waals surface area (Å²) in [4.78, 5) is 0. The molecule has 3 rings (SSSR count). The average Bonchev–Trinajstić information content (AvgIpc) is 2.38. The smallest absolute Gasteiger partial charge is 0.194 e. The molecule has 1 saturated carbocycles. The summed E-state index contributed by atoms with van der Waals surface area (Å²) in [7, 11) is 0. The molecular formula is C15H19ClO2. The number of hydrogen-bond donors (Lipinski definition) is 0. The van der Waals surface area contributed by atoms with E-state index in [0.717, 1.165) is 30.2 Å². The summed E-state index contributed by atoms with van der Waals surface area (Å²) in [5, 5.41) is 0.747. The van der Waals surface area contributed by atoms with E-state index in [0.29, 0.717) is 5.41 Å². The molecule has 1 heterocycles. The van der Waals surface area contributed by atoms with Crippen molar-refractivity contribution in [3.63, 3.8) is 0 Å². The van der Waals surface area contributed by atoms with Crippen LogP contribution in [-0.2, 0) is 15.3 Å². The lowest BCUT2D eigenvalue weighted by Gasteiger charge is -2.50. The molecule has 98 valence electrons. The van der Waals surface area contributed by atoms with Gasteiger partial charge in [-0.05, 0) is 25.0 Å². The molecule has 0 unspecified atom stereocenters. The Morgan fingerprint density at radius 2 is 1.72 bits per heavy atom. The molecule has 0 aromatic heterocycles. The molecule has 1 spiro atoms. The number of ether oxygens (including phenoxy) is 2. The first-order chi connectivity index (χ1) is 8.68. The zero-order chi connectivity index (χ0) is 12.6. The van der Waals surface area contributed by atoms with Gasteiger partial charge >= 0.3 is 0 Å². The Morgan fingerprint density at radius 3 is 2.17 bits per heavy atom. The Hall–Kier alpha value is -0.570. The van der Waals surface area contributed by atoms with Gasteiger partial charge in [0.25, 0.3) is 0 Å². The van der Waals surface area contributed by atoms with Crippen LogP contribution in [0.25, 0.3) is 0 Å². The van der Waals surface area contributed by atoms with Crippen molar-refractivity contribution in [1.82, 2.24) is 0 Å². The standard InChI is InChI=1S/C15H19ClO2/c1-2-15(12-4-6-13(16)7-5-12)17-10-14(11-18-15)8-3-9-14/h4-7H,2-3,8-11H2,1H3. The van der Waals surface area contributed by atoms with E-state index >= 15 is 0 Å². The highest BCUT2D eigenvalue weighted by molar-refractivity contribution is 6.30. The van der Waals surface area contributed by atoms with Crippen LogP contribution in [0.1, 0.15) is 38.2 Å². The maximum atomic E-state index is 6.13. The van der Waals surface area contributed by atoms with Crippen molar-refractivity contribution in [3.8, 4) is 0 Å². The molecule has 0 amide bonds. The summed E-state index contributed by atoms with van der Waals surface area (Å²) in [6, 6.07) is 7.80. The Bertz CT molecular complexity index is 413. The first kappa shape index (κ1) is 12.5. The topological polar surface area (TPSA) is 18.5 Å². The van der Waals surface area contributed by atoms with E-state index in [1.807, 2.05) is 24.3 Å². The SMILES string of the molecule is CCC1(c2ccc(Cl)cc2)OCC2(CCC2)CO1. The lowest BCUT2D eigenvalue weighted by molar-refractivity contribution is -0.325. The molecule has 1 aliphatic heterocycles. The molecule has 1 aromatic rings. The van der Waals surface area contributed by atoms with Gasteiger partial charge in [0.1, 0.15) is 0 Å². The van der Waals surface area contributed by atoms with Crippen LogP contribution < -0.4 is 0 Å². The quantitative estimate of drug-likeness (QED) is 0.802. The minimum atomic E-state index is -0.564. The fraction of sp³-hybridized carbons (Fsp3) is 0.600. The maximum Gasteiger partial charge on any atom is 0.194 e. The van der Waals surface area contributed by atoms with Gasteiger partial charge in [-0.25, -0.2) is 0 Å². The van der Waals surface area contributed by atoms with E-state index in [-0.39, 0.29) is 0 Å². The molecule has 0 atom stereocenters. The second kappa shape index (κ2) is 4.52. The van der Waals surface area contributed by atoms with Crippen molar-refractivity contribution < 1.29 is 9.47 Å². The fourth-order valence-electron chi connectivity index (χ4n) is 2.87. The van der Waals surface area contributed by atoms with Gasteiger partial charge in [-0.2, -0.15) is 0 Å². The molecule has 3 heteroatoms. The van der Waals surface area contributed by atoms with E-state index < -0.39 is 5.79 Å². The van der Waals surface area contributed by atoms with Crippen LogP contribution in [-0.4, -0.2) is 13.2 Å². The van der Waals surface area contributed by atoms with Gasteiger partial charge < -0.3 is 9.47 Å². The molecule has 0 radical (unpaired) electrons. The molecule has 1 aliphatic carbocycles. The first-order valence-electron chi connectivity index (χ1n) is 6.72. The largest absolute Gasteiger partial charge is 0.345 e. The van der Waals surface area contributed by atoms with Gasteiger partial charge in [0, 0.05) is 22.4 Å². The molecular weight excluding hydrogens is 248 g/mol. The van der Waals surface area contributed by atoms with Crippen molar-refractivity contribution in [1.29, 1.82) is 0 Å². The number of benzene rings is 1. The highest BCUT2D eigenvalue weighted by Gasteiger charge is 2.47. The van der Waals surface area contributed by atoms with Gasteiger partial charge in [0.2, 0.25) is 0 Å². The van der Waals surface area contributed by atoms with Gasteiger partial charge in [-0.15, -0.1) is 0 Å². The van der Waals surface area contributed by atoms with Crippen molar-refractivity contribution >= 4 is 11.6 Å². The minimum absolute atomic E-state index is 0.311. The molecule has 2 aliphatic rings. The third-order valence-corrected chi connectivity index (χ3v) is 4.64. The summed E-state index contributed by atoms with van der Waals surface area (Å²) in [5.74, 6) is -0.564. The van der Waals surface area contributed by atoms with Crippen LogP contribution in [0.5, 0.6) is 0 Å². The fourth-order valence-corrected chi connectivity index (χ4v) is 2.99. The van der Waals surface area contributed by atoms with Crippen LogP contribution in [0.3, 0.4) is 0 Å². The predicted octanol–water partition coefficient (Wildman–Crippen LogP) is 4.12. The number of hydrogen-bond acceptors (Lipinski definition) is 2. The third kappa shape index (κ3) is 1.97. The van der Waals surface area contributed by atoms with Gasteiger partial charge in [0.15, 0.2) is 5.79 Å². The normalized spacial score (nSPS) is 24.8. The molecule has 2 nitrogen and oxygen atoms in total. The van der Waals surface area contributed by atoms with E-state index in [1.165, 1.54) is 19.3 Å². The van der Waals surface area contributed by atoms with E-state index in [1.54, 1.807) is 0 Å². The lowest BCUT2D eigenvalue weighted by atomic mass is 9.69. The maximum absolute atomic E-state index is 6.13. The van der Waals surface area contributed by atoms with Gasteiger partial charge in [-0.3, -0.25) is 0 Å². The summed E-state index contributed by atoms with van der Waals surface area (Å²) < 4.78 is 12.3. The monoisotopic (exact) mass is 266 g/mol. The highest BCUT2D eigenvalue weighted by atomic mass is 35.5.